The summed E-state index contributed by atoms with van der Waals surface area (Å²) >= 11 is 3.20. The average molecular weight is 302 g/mol. The Morgan fingerprint density at radius 1 is 1.29 bits per heavy atom. The van der Waals surface area contributed by atoms with E-state index in [0.29, 0.717) is 4.47 Å². The van der Waals surface area contributed by atoms with E-state index in [2.05, 4.69) is 38.3 Å². The SMILES string of the molecule is CN1CCN(NCc2ccc(F)c(Br)c2)CC1. The van der Waals surface area contributed by atoms with E-state index in [0.717, 1.165) is 38.3 Å². The molecule has 0 atom stereocenters. The lowest BCUT2D eigenvalue weighted by Crippen LogP contribution is -2.50. The fourth-order valence-electron chi connectivity index (χ4n) is 1.82. The van der Waals surface area contributed by atoms with Gasteiger partial charge in [-0.15, -0.1) is 0 Å². The largest absolute Gasteiger partial charge is 0.304 e. The number of likely N-dealkylation sites (N-methyl/N-ethyl adjacent to an activating group) is 1. The van der Waals surface area contributed by atoms with Crippen molar-refractivity contribution in [1.82, 2.24) is 15.3 Å². The van der Waals surface area contributed by atoms with Crippen molar-refractivity contribution >= 4 is 15.9 Å². The van der Waals surface area contributed by atoms with Crippen molar-refractivity contribution in [2.45, 2.75) is 6.54 Å². The van der Waals surface area contributed by atoms with Crippen LogP contribution in [0.25, 0.3) is 0 Å². The van der Waals surface area contributed by atoms with Gasteiger partial charge in [-0.2, -0.15) is 0 Å². The molecule has 94 valence electrons. The fraction of sp³-hybridized carbons (Fsp3) is 0.500. The molecule has 0 bridgehead atoms. The molecule has 1 aromatic carbocycles. The molecule has 2 rings (SSSR count). The molecule has 1 aliphatic rings. The molecule has 5 heteroatoms. The van der Waals surface area contributed by atoms with Crippen LogP contribution < -0.4 is 5.43 Å². The molecule has 3 nitrogen and oxygen atoms in total. The van der Waals surface area contributed by atoms with Gasteiger partial charge in [-0.1, -0.05) is 6.07 Å². The van der Waals surface area contributed by atoms with Crippen LogP contribution in [-0.4, -0.2) is 43.1 Å². The summed E-state index contributed by atoms with van der Waals surface area (Å²) in [5.74, 6) is -0.214. The quantitative estimate of drug-likeness (QED) is 0.919. The van der Waals surface area contributed by atoms with Crippen LogP contribution in [0, 0.1) is 5.82 Å². The van der Waals surface area contributed by atoms with Gasteiger partial charge < -0.3 is 4.90 Å². The van der Waals surface area contributed by atoms with E-state index in [1.54, 1.807) is 0 Å². The van der Waals surface area contributed by atoms with Gasteiger partial charge in [0.2, 0.25) is 0 Å². The maximum Gasteiger partial charge on any atom is 0.137 e. The van der Waals surface area contributed by atoms with E-state index >= 15 is 0 Å². The van der Waals surface area contributed by atoms with Crippen molar-refractivity contribution in [3.8, 4) is 0 Å². The summed E-state index contributed by atoms with van der Waals surface area (Å²) in [6.07, 6.45) is 0. The molecular weight excluding hydrogens is 285 g/mol. The number of hydrazine groups is 1. The van der Waals surface area contributed by atoms with Crippen molar-refractivity contribution in [1.29, 1.82) is 0 Å². The minimum atomic E-state index is -0.214. The maximum absolute atomic E-state index is 13.1. The van der Waals surface area contributed by atoms with Crippen LogP contribution in [0.5, 0.6) is 0 Å². The molecule has 17 heavy (non-hydrogen) atoms. The monoisotopic (exact) mass is 301 g/mol. The summed E-state index contributed by atoms with van der Waals surface area (Å²) < 4.78 is 13.6. The molecule has 1 fully saturated rings. The smallest absolute Gasteiger partial charge is 0.137 e. The van der Waals surface area contributed by atoms with Crippen molar-refractivity contribution in [2.24, 2.45) is 0 Å². The molecule has 1 heterocycles. The van der Waals surface area contributed by atoms with Gasteiger partial charge in [0, 0.05) is 32.7 Å². The molecule has 0 saturated carbocycles. The Labute approximate surface area is 110 Å². The summed E-state index contributed by atoms with van der Waals surface area (Å²) in [7, 11) is 2.13. The molecule has 0 spiro atoms. The summed E-state index contributed by atoms with van der Waals surface area (Å²) in [4.78, 5) is 2.31. The molecule has 0 amide bonds. The first kappa shape index (κ1) is 13.0. The summed E-state index contributed by atoms with van der Waals surface area (Å²) in [6, 6.07) is 5.12. The highest BCUT2D eigenvalue weighted by Crippen LogP contribution is 2.16. The number of rotatable bonds is 3. The van der Waals surface area contributed by atoms with Gasteiger partial charge >= 0.3 is 0 Å². The average Bonchev–Trinajstić information content (AvgIpc) is 2.33. The van der Waals surface area contributed by atoms with E-state index in [1.165, 1.54) is 6.07 Å². The highest BCUT2D eigenvalue weighted by atomic mass is 79.9. The van der Waals surface area contributed by atoms with Crippen LogP contribution in [0.4, 0.5) is 4.39 Å². The maximum atomic E-state index is 13.1. The number of hydrogen-bond donors (Lipinski definition) is 1. The standard InChI is InChI=1S/C12H17BrFN3/c1-16-4-6-17(7-5-16)15-9-10-2-3-12(14)11(13)8-10/h2-3,8,15H,4-7,9H2,1H3. The molecule has 0 unspecified atom stereocenters. The topological polar surface area (TPSA) is 18.5 Å². The van der Waals surface area contributed by atoms with Crippen molar-refractivity contribution in [3.63, 3.8) is 0 Å². The third kappa shape index (κ3) is 3.74. The van der Waals surface area contributed by atoms with Gasteiger partial charge in [-0.3, -0.25) is 5.43 Å². The lowest BCUT2D eigenvalue weighted by atomic mass is 10.2. The molecule has 0 aromatic heterocycles. The minimum Gasteiger partial charge on any atom is -0.304 e. The van der Waals surface area contributed by atoms with Crippen LogP contribution >= 0.6 is 15.9 Å². The number of nitrogens with one attached hydrogen (secondary N) is 1. The Morgan fingerprint density at radius 2 is 2.00 bits per heavy atom. The van der Waals surface area contributed by atoms with Crippen LogP contribution in [0.2, 0.25) is 0 Å². The van der Waals surface area contributed by atoms with Gasteiger partial charge in [0.25, 0.3) is 0 Å². The predicted octanol–water partition coefficient (Wildman–Crippen LogP) is 1.84. The molecule has 0 aliphatic carbocycles. The van der Waals surface area contributed by atoms with Gasteiger partial charge in [-0.05, 0) is 40.7 Å². The Balaban J connectivity index is 1.83. The van der Waals surface area contributed by atoms with Crippen LogP contribution in [-0.2, 0) is 6.54 Å². The minimum absolute atomic E-state index is 0.214. The van der Waals surface area contributed by atoms with Crippen molar-refractivity contribution in [3.05, 3.63) is 34.1 Å². The Morgan fingerprint density at radius 3 is 2.65 bits per heavy atom. The second-order valence-corrected chi connectivity index (χ2v) is 5.23. The molecular formula is C12H17BrFN3. The third-order valence-corrected chi connectivity index (χ3v) is 3.60. The highest BCUT2D eigenvalue weighted by Gasteiger charge is 2.12. The first-order valence-corrected chi connectivity index (χ1v) is 6.55. The molecule has 1 aromatic rings. The summed E-state index contributed by atoms with van der Waals surface area (Å²) in [5.41, 5.74) is 4.45. The molecule has 1 aliphatic heterocycles. The number of nitrogens with zero attached hydrogens (tertiary/aromatic N) is 2. The number of hydrogen-bond acceptors (Lipinski definition) is 3. The predicted molar refractivity (Wildman–Crippen MR) is 70.0 cm³/mol. The fourth-order valence-corrected chi connectivity index (χ4v) is 2.24. The van der Waals surface area contributed by atoms with Crippen molar-refractivity contribution < 1.29 is 4.39 Å². The highest BCUT2D eigenvalue weighted by molar-refractivity contribution is 9.10. The molecule has 1 saturated heterocycles. The zero-order valence-corrected chi connectivity index (χ0v) is 11.5. The van der Waals surface area contributed by atoms with Gasteiger partial charge in [-0.25, -0.2) is 9.40 Å². The normalized spacial score (nSPS) is 18.5. The lowest BCUT2D eigenvalue weighted by molar-refractivity contribution is 0.102. The zero-order valence-electron chi connectivity index (χ0n) is 9.92. The van der Waals surface area contributed by atoms with E-state index < -0.39 is 0 Å². The Hall–Kier alpha value is -0.490. The Bertz CT molecular complexity index is 378. The van der Waals surface area contributed by atoms with Gasteiger partial charge in [0.05, 0.1) is 4.47 Å². The van der Waals surface area contributed by atoms with E-state index in [4.69, 9.17) is 0 Å². The van der Waals surface area contributed by atoms with Crippen molar-refractivity contribution in [2.75, 3.05) is 33.2 Å². The number of piperazine rings is 1. The second-order valence-electron chi connectivity index (χ2n) is 4.37. The van der Waals surface area contributed by atoms with Gasteiger partial charge in [0.1, 0.15) is 5.82 Å². The van der Waals surface area contributed by atoms with E-state index in [1.807, 2.05) is 12.1 Å². The first-order chi connectivity index (χ1) is 8.15. The van der Waals surface area contributed by atoms with Crippen LogP contribution in [0.3, 0.4) is 0 Å². The van der Waals surface area contributed by atoms with E-state index in [-0.39, 0.29) is 5.82 Å². The first-order valence-electron chi connectivity index (χ1n) is 5.76. The third-order valence-electron chi connectivity index (χ3n) is 2.99. The Kier molecular flexibility index (Phi) is 4.50. The zero-order chi connectivity index (χ0) is 12.3. The summed E-state index contributed by atoms with van der Waals surface area (Å²) in [6.45, 7) is 4.96. The van der Waals surface area contributed by atoms with E-state index in [9.17, 15) is 4.39 Å². The molecule has 1 N–H and O–H groups in total. The lowest BCUT2D eigenvalue weighted by Gasteiger charge is -2.32. The van der Waals surface area contributed by atoms with Gasteiger partial charge in [0.15, 0.2) is 0 Å². The summed E-state index contributed by atoms with van der Waals surface area (Å²) in [5, 5.41) is 2.22. The van der Waals surface area contributed by atoms with Crippen LogP contribution in [0.15, 0.2) is 22.7 Å². The van der Waals surface area contributed by atoms with Crippen LogP contribution in [0.1, 0.15) is 5.56 Å². The number of benzene rings is 1. The molecule has 0 radical (unpaired) electrons. The number of halogens is 2. The second kappa shape index (κ2) is 5.91.